The van der Waals surface area contributed by atoms with E-state index >= 15 is 0 Å². The first-order valence-corrected chi connectivity index (χ1v) is 13.7. The zero-order valence-corrected chi connectivity index (χ0v) is 22.1. The number of rotatable bonds is 4. The van der Waals surface area contributed by atoms with Gasteiger partial charge in [-0.2, -0.15) is 0 Å². The fraction of sp³-hybridized carbons (Fsp3) is 0. The van der Waals surface area contributed by atoms with Gasteiger partial charge in [-0.15, -0.1) is 0 Å². The van der Waals surface area contributed by atoms with E-state index in [2.05, 4.69) is 101 Å². The van der Waals surface area contributed by atoms with Crippen LogP contribution in [0.1, 0.15) is 0 Å². The van der Waals surface area contributed by atoms with Gasteiger partial charge in [-0.3, -0.25) is 4.40 Å². The van der Waals surface area contributed by atoms with Crippen molar-refractivity contribution in [1.29, 1.82) is 0 Å². The molecule has 0 aliphatic heterocycles. The lowest BCUT2D eigenvalue weighted by molar-refractivity contribution is 1.18. The number of benzene rings is 5. The molecule has 0 amide bonds. The fourth-order valence-corrected chi connectivity index (χ4v) is 5.60. The van der Waals surface area contributed by atoms with E-state index in [-0.39, 0.29) is 0 Å². The molecule has 3 heterocycles. The van der Waals surface area contributed by atoms with E-state index in [0.717, 1.165) is 66.8 Å². The summed E-state index contributed by atoms with van der Waals surface area (Å²) in [5, 5.41) is 1.12. The monoisotopic (exact) mass is 524 g/mol. The van der Waals surface area contributed by atoms with Gasteiger partial charge < -0.3 is 0 Å². The molecule has 8 rings (SSSR count). The maximum atomic E-state index is 5.06. The number of nitrogens with zero attached hydrogens (tertiary/aromatic N) is 4. The van der Waals surface area contributed by atoms with Crippen LogP contribution in [0.4, 0.5) is 0 Å². The average molecular weight is 525 g/mol. The number of pyridine rings is 1. The van der Waals surface area contributed by atoms with Crippen molar-refractivity contribution >= 4 is 27.6 Å². The second-order valence-electron chi connectivity index (χ2n) is 10.2. The van der Waals surface area contributed by atoms with Crippen molar-refractivity contribution in [2.45, 2.75) is 0 Å². The number of fused-ring (bicyclic) bond motifs is 5. The van der Waals surface area contributed by atoms with Gasteiger partial charge in [-0.05, 0) is 47.3 Å². The van der Waals surface area contributed by atoms with Crippen molar-refractivity contribution in [1.82, 2.24) is 19.4 Å². The molecular weight excluding hydrogens is 500 g/mol. The van der Waals surface area contributed by atoms with E-state index in [1.807, 2.05) is 48.5 Å². The minimum atomic E-state index is 0.711. The Kier molecular flexibility index (Phi) is 5.42. The molecule has 8 aromatic rings. The third kappa shape index (κ3) is 4.05. The smallest absolute Gasteiger partial charge is 0.160 e. The summed E-state index contributed by atoms with van der Waals surface area (Å²) in [5.74, 6) is 0.711. The lowest BCUT2D eigenvalue weighted by atomic mass is 10.0. The van der Waals surface area contributed by atoms with E-state index in [1.165, 1.54) is 0 Å². The molecule has 0 unspecified atom stereocenters. The maximum Gasteiger partial charge on any atom is 0.160 e. The normalized spacial score (nSPS) is 11.4. The molecule has 0 aliphatic carbocycles. The summed E-state index contributed by atoms with van der Waals surface area (Å²) in [6, 6.07) is 50.2. The van der Waals surface area contributed by atoms with Crippen molar-refractivity contribution < 1.29 is 0 Å². The van der Waals surface area contributed by atoms with E-state index in [9.17, 15) is 0 Å². The fourth-order valence-electron chi connectivity index (χ4n) is 5.60. The first-order chi connectivity index (χ1) is 20.3. The van der Waals surface area contributed by atoms with Crippen molar-refractivity contribution in [2.75, 3.05) is 0 Å². The van der Waals surface area contributed by atoms with Gasteiger partial charge in [-0.25, -0.2) is 15.0 Å². The molecule has 0 saturated heterocycles. The van der Waals surface area contributed by atoms with Gasteiger partial charge in [0.05, 0.1) is 27.9 Å². The maximum absolute atomic E-state index is 5.06. The summed E-state index contributed by atoms with van der Waals surface area (Å²) >= 11 is 0. The number of imidazole rings is 1. The number of aromatic nitrogens is 4. The van der Waals surface area contributed by atoms with Crippen LogP contribution in [0.15, 0.2) is 146 Å². The van der Waals surface area contributed by atoms with Crippen molar-refractivity contribution in [2.24, 2.45) is 0 Å². The number of hydrogen-bond donors (Lipinski definition) is 0. The zero-order chi connectivity index (χ0) is 27.2. The Balaban J connectivity index is 1.39. The van der Waals surface area contributed by atoms with Gasteiger partial charge in [0, 0.05) is 22.3 Å². The molecular formula is C37H24N4. The number of hydrogen-bond acceptors (Lipinski definition) is 3. The van der Waals surface area contributed by atoms with Crippen LogP contribution in [0.5, 0.6) is 0 Å². The summed E-state index contributed by atoms with van der Waals surface area (Å²) in [5.41, 5.74) is 11.3. The molecule has 192 valence electrons. The first kappa shape index (κ1) is 23.3. The summed E-state index contributed by atoms with van der Waals surface area (Å²) in [6.45, 7) is 0. The van der Waals surface area contributed by atoms with Crippen molar-refractivity contribution in [3.63, 3.8) is 0 Å². The SMILES string of the molecule is c1ccc(-c2cc(-c3ccc4c(c3)cc(-c3ccccc3)c3nc5ccccc5n34)nc(-c3ccccc3)n2)cc1. The molecule has 0 spiro atoms. The molecule has 4 heteroatoms. The van der Waals surface area contributed by atoms with Crippen LogP contribution < -0.4 is 0 Å². The van der Waals surface area contributed by atoms with Gasteiger partial charge >= 0.3 is 0 Å². The minimum Gasteiger partial charge on any atom is -0.292 e. The number of para-hydroxylation sites is 2. The molecule has 0 bridgehead atoms. The molecule has 4 nitrogen and oxygen atoms in total. The van der Waals surface area contributed by atoms with E-state index < -0.39 is 0 Å². The summed E-state index contributed by atoms with van der Waals surface area (Å²) < 4.78 is 2.28. The average Bonchev–Trinajstić information content (AvgIpc) is 3.45. The molecule has 0 atom stereocenters. The summed E-state index contributed by atoms with van der Waals surface area (Å²) in [7, 11) is 0. The van der Waals surface area contributed by atoms with Crippen molar-refractivity contribution in [3.8, 4) is 45.0 Å². The van der Waals surface area contributed by atoms with E-state index in [0.29, 0.717) is 5.82 Å². The minimum absolute atomic E-state index is 0.711. The van der Waals surface area contributed by atoms with Gasteiger partial charge in [0.15, 0.2) is 5.82 Å². The highest BCUT2D eigenvalue weighted by Gasteiger charge is 2.16. The largest absolute Gasteiger partial charge is 0.292 e. The molecule has 5 aromatic carbocycles. The quantitative estimate of drug-likeness (QED) is 0.231. The Hall–Kier alpha value is -5.61. The lowest BCUT2D eigenvalue weighted by Crippen LogP contribution is -1.97. The predicted molar refractivity (Wildman–Crippen MR) is 168 cm³/mol. The van der Waals surface area contributed by atoms with Gasteiger partial charge in [0.25, 0.3) is 0 Å². The van der Waals surface area contributed by atoms with Gasteiger partial charge in [0.1, 0.15) is 5.65 Å². The Morgan fingerprint density at radius 2 is 1.02 bits per heavy atom. The van der Waals surface area contributed by atoms with Crippen LogP contribution in [-0.2, 0) is 0 Å². The first-order valence-electron chi connectivity index (χ1n) is 13.7. The topological polar surface area (TPSA) is 43.1 Å². The van der Waals surface area contributed by atoms with Gasteiger partial charge in [0.2, 0.25) is 0 Å². The molecule has 0 radical (unpaired) electrons. The lowest BCUT2D eigenvalue weighted by Gasteiger charge is -2.12. The van der Waals surface area contributed by atoms with Gasteiger partial charge in [-0.1, -0.05) is 109 Å². The Morgan fingerprint density at radius 3 is 1.76 bits per heavy atom. The van der Waals surface area contributed by atoms with Crippen LogP contribution in [0, 0.1) is 0 Å². The molecule has 41 heavy (non-hydrogen) atoms. The zero-order valence-electron chi connectivity index (χ0n) is 22.1. The highest BCUT2D eigenvalue weighted by atomic mass is 15.0. The molecule has 0 saturated carbocycles. The predicted octanol–water partition coefficient (Wildman–Crippen LogP) is 9.10. The van der Waals surface area contributed by atoms with Crippen LogP contribution in [0.25, 0.3) is 72.6 Å². The summed E-state index contributed by atoms with van der Waals surface area (Å²) in [4.78, 5) is 15.1. The second-order valence-corrected chi connectivity index (χ2v) is 10.2. The Morgan fingerprint density at radius 1 is 0.415 bits per heavy atom. The highest BCUT2D eigenvalue weighted by molar-refractivity contribution is 5.99. The van der Waals surface area contributed by atoms with Crippen LogP contribution in [0.2, 0.25) is 0 Å². The molecule has 0 N–H and O–H groups in total. The molecule has 0 fully saturated rings. The van der Waals surface area contributed by atoms with Crippen LogP contribution in [0.3, 0.4) is 0 Å². The highest BCUT2D eigenvalue weighted by Crippen LogP contribution is 2.35. The third-order valence-electron chi connectivity index (χ3n) is 7.58. The second kappa shape index (κ2) is 9.54. The third-order valence-corrected chi connectivity index (χ3v) is 7.58. The van der Waals surface area contributed by atoms with Crippen LogP contribution >= 0.6 is 0 Å². The van der Waals surface area contributed by atoms with E-state index in [1.54, 1.807) is 0 Å². The summed E-state index contributed by atoms with van der Waals surface area (Å²) in [6.07, 6.45) is 0. The van der Waals surface area contributed by atoms with Crippen molar-refractivity contribution in [3.05, 3.63) is 146 Å². The molecule has 0 aliphatic rings. The van der Waals surface area contributed by atoms with Crippen LogP contribution in [-0.4, -0.2) is 19.4 Å². The Labute approximate surface area is 237 Å². The molecule has 3 aromatic heterocycles. The standard InChI is InChI=1S/C37H24N4/c1-4-12-25(13-5-1)30-23-29-22-28(20-21-34(29)41-35-19-11-10-18-31(35)40-37(30)41)33-24-32(26-14-6-2-7-15-26)38-36(39-33)27-16-8-3-9-17-27/h1-24H. The van der Waals surface area contributed by atoms with E-state index in [4.69, 9.17) is 15.0 Å². The Bertz CT molecular complexity index is 2130.